The summed E-state index contributed by atoms with van der Waals surface area (Å²) in [5.74, 6) is 1.66. The van der Waals surface area contributed by atoms with Gasteiger partial charge in [0.25, 0.3) is 5.56 Å². The van der Waals surface area contributed by atoms with E-state index in [1.54, 1.807) is 17.0 Å². The molecule has 1 aliphatic heterocycles. The minimum atomic E-state index is -0.205. The lowest BCUT2D eigenvalue weighted by Crippen LogP contribution is -2.24. The number of fused-ring (bicyclic) bond motifs is 2. The SMILES string of the molecule is O=c1c(NCCc2c[nH]c3ccccc23)nccn1-c1ccc2c(c1)OCCO2. The van der Waals surface area contributed by atoms with Crippen molar-refractivity contribution in [1.29, 1.82) is 0 Å². The summed E-state index contributed by atoms with van der Waals surface area (Å²) >= 11 is 0. The molecule has 2 N–H and O–H groups in total. The standard InChI is InChI=1S/C22H20N4O3/c27-22-21(23-8-7-15-14-25-18-4-2-1-3-17(15)18)24-9-10-26(22)16-5-6-19-20(13-16)29-12-11-28-19/h1-6,9-10,13-14,25H,7-8,11-12H2,(H,23,24). The van der Waals surface area contributed by atoms with Crippen LogP contribution in [0.3, 0.4) is 0 Å². The predicted octanol–water partition coefficient (Wildman–Crippen LogP) is 3.14. The van der Waals surface area contributed by atoms with Crippen molar-refractivity contribution in [3.05, 3.63) is 77.0 Å². The molecule has 0 fully saturated rings. The Labute approximate surface area is 166 Å². The smallest absolute Gasteiger partial charge is 0.297 e. The van der Waals surface area contributed by atoms with Crippen LogP contribution < -0.4 is 20.3 Å². The summed E-state index contributed by atoms with van der Waals surface area (Å²) in [5.41, 5.74) is 2.82. The summed E-state index contributed by atoms with van der Waals surface area (Å²) in [6, 6.07) is 13.7. The molecule has 0 aliphatic carbocycles. The predicted molar refractivity (Wildman–Crippen MR) is 111 cm³/mol. The second-order valence-electron chi connectivity index (χ2n) is 6.82. The molecule has 7 nitrogen and oxygen atoms in total. The van der Waals surface area contributed by atoms with Crippen molar-refractivity contribution in [2.24, 2.45) is 0 Å². The van der Waals surface area contributed by atoms with Crippen molar-refractivity contribution < 1.29 is 9.47 Å². The van der Waals surface area contributed by atoms with E-state index in [9.17, 15) is 4.79 Å². The molecular weight excluding hydrogens is 368 g/mol. The fourth-order valence-corrected chi connectivity index (χ4v) is 3.57. The summed E-state index contributed by atoms with van der Waals surface area (Å²) in [6.07, 6.45) is 6.06. The first-order chi connectivity index (χ1) is 14.3. The molecule has 5 rings (SSSR count). The van der Waals surface area contributed by atoms with Crippen LogP contribution in [0.5, 0.6) is 11.5 Å². The molecule has 0 amide bonds. The zero-order valence-electron chi connectivity index (χ0n) is 15.7. The third-order valence-corrected chi connectivity index (χ3v) is 5.01. The molecule has 2 aromatic heterocycles. The van der Waals surface area contributed by atoms with Crippen LogP contribution in [0, 0.1) is 0 Å². The van der Waals surface area contributed by atoms with Crippen LogP contribution in [-0.4, -0.2) is 34.3 Å². The lowest BCUT2D eigenvalue weighted by atomic mass is 10.1. The molecule has 29 heavy (non-hydrogen) atoms. The van der Waals surface area contributed by atoms with Gasteiger partial charge in [0.1, 0.15) is 13.2 Å². The molecule has 0 spiro atoms. The van der Waals surface area contributed by atoms with Gasteiger partial charge in [-0.3, -0.25) is 9.36 Å². The summed E-state index contributed by atoms with van der Waals surface area (Å²) < 4.78 is 12.7. The lowest BCUT2D eigenvalue weighted by Gasteiger charge is -2.19. The number of hydrogen-bond donors (Lipinski definition) is 2. The number of aromatic nitrogens is 3. The number of aromatic amines is 1. The molecule has 0 saturated heterocycles. The van der Waals surface area contributed by atoms with Gasteiger partial charge in [0.05, 0.1) is 5.69 Å². The Kier molecular flexibility index (Phi) is 4.40. The van der Waals surface area contributed by atoms with Crippen molar-refractivity contribution in [3.63, 3.8) is 0 Å². The van der Waals surface area contributed by atoms with Crippen molar-refractivity contribution >= 4 is 16.7 Å². The van der Waals surface area contributed by atoms with Crippen molar-refractivity contribution in [1.82, 2.24) is 14.5 Å². The Balaban J connectivity index is 1.35. The first kappa shape index (κ1) is 17.4. The van der Waals surface area contributed by atoms with E-state index in [0.717, 1.165) is 11.9 Å². The zero-order chi connectivity index (χ0) is 19.6. The van der Waals surface area contributed by atoms with Crippen LogP contribution in [0.2, 0.25) is 0 Å². The van der Waals surface area contributed by atoms with Gasteiger partial charge >= 0.3 is 0 Å². The van der Waals surface area contributed by atoms with E-state index in [2.05, 4.69) is 27.4 Å². The third-order valence-electron chi connectivity index (χ3n) is 5.01. The van der Waals surface area contributed by atoms with Crippen molar-refractivity contribution in [2.75, 3.05) is 25.1 Å². The average molecular weight is 388 g/mol. The minimum Gasteiger partial charge on any atom is -0.486 e. The number of nitrogens with zero attached hydrogens (tertiary/aromatic N) is 2. The summed E-state index contributed by atoms with van der Waals surface area (Å²) in [6.45, 7) is 1.64. The maximum atomic E-state index is 12.9. The van der Waals surface area contributed by atoms with Gasteiger partial charge in [0.2, 0.25) is 0 Å². The number of benzene rings is 2. The second-order valence-corrected chi connectivity index (χ2v) is 6.82. The zero-order valence-corrected chi connectivity index (χ0v) is 15.7. The van der Waals surface area contributed by atoms with Crippen LogP contribution in [0.1, 0.15) is 5.56 Å². The number of hydrogen-bond acceptors (Lipinski definition) is 5. The Morgan fingerprint density at radius 2 is 1.97 bits per heavy atom. The van der Waals surface area contributed by atoms with Gasteiger partial charge in [-0.25, -0.2) is 4.98 Å². The molecule has 0 saturated carbocycles. The van der Waals surface area contributed by atoms with E-state index in [4.69, 9.17) is 9.47 Å². The van der Waals surface area contributed by atoms with Crippen LogP contribution in [0.25, 0.3) is 16.6 Å². The largest absolute Gasteiger partial charge is 0.486 e. The maximum absolute atomic E-state index is 12.9. The summed E-state index contributed by atoms with van der Waals surface area (Å²) in [7, 11) is 0. The Morgan fingerprint density at radius 3 is 2.90 bits per heavy atom. The molecular formula is C22H20N4O3. The first-order valence-corrected chi connectivity index (χ1v) is 9.56. The molecule has 3 heterocycles. The fourth-order valence-electron chi connectivity index (χ4n) is 3.57. The van der Waals surface area contributed by atoms with Gasteiger partial charge in [0, 0.05) is 42.1 Å². The van der Waals surface area contributed by atoms with Crippen molar-refractivity contribution in [2.45, 2.75) is 6.42 Å². The van der Waals surface area contributed by atoms with E-state index < -0.39 is 0 Å². The molecule has 146 valence electrons. The van der Waals surface area contributed by atoms with E-state index in [1.807, 2.05) is 36.5 Å². The first-order valence-electron chi connectivity index (χ1n) is 9.56. The number of rotatable bonds is 5. The van der Waals surface area contributed by atoms with Gasteiger partial charge < -0.3 is 19.8 Å². The Hall–Kier alpha value is -3.74. The van der Waals surface area contributed by atoms with E-state index in [1.165, 1.54) is 10.9 Å². The number of ether oxygens (including phenoxy) is 2. The van der Waals surface area contributed by atoms with Gasteiger partial charge in [-0.1, -0.05) is 18.2 Å². The number of nitrogens with one attached hydrogen (secondary N) is 2. The second kappa shape index (κ2) is 7.35. The molecule has 0 bridgehead atoms. The highest BCUT2D eigenvalue weighted by Crippen LogP contribution is 2.31. The normalized spacial score (nSPS) is 12.8. The topological polar surface area (TPSA) is 81.2 Å². The van der Waals surface area contributed by atoms with Crippen LogP contribution in [0.4, 0.5) is 5.82 Å². The number of para-hydroxylation sites is 1. The van der Waals surface area contributed by atoms with Crippen LogP contribution in [0.15, 0.2) is 65.8 Å². The molecule has 0 atom stereocenters. The van der Waals surface area contributed by atoms with Gasteiger partial charge in [-0.15, -0.1) is 0 Å². The molecule has 0 radical (unpaired) electrons. The van der Waals surface area contributed by atoms with Gasteiger partial charge in [-0.2, -0.15) is 0 Å². The van der Waals surface area contributed by atoms with Crippen molar-refractivity contribution in [3.8, 4) is 17.2 Å². The highest BCUT2D eigenvalue weighted by Gasteiger charge is 2.14. The van der Waals surface area contributed by atoms with E-state index in [0.29, 0.717) is 42.8 Å². The quantitative estimate of drug-likeness (QED) is 0.549. The molecule has 1 aliphatic rings. The van der Waals surface area contributed by atoms with Gasteiger partial charge in [-0.05, 0) is 30.2 Å². The van der Waals surface area contributed by atoms with Gasteiger partial charge in [0.15, 0.2) is 17.3 Å². The molecule has 7 heteroatoms. The Bertz CT molecular complexity index is 1230. The lowest BCUT2D eigenvalue weighted by molar-refractivity contribution is 0.171. The molecule has 2 aromatic carbocycles. The fraction of sp³-hybridized carbons (Fsp3) is 0.182. The van der Waals surface area contributed by atoms with Crippen LogP contribution >= 0.6 is 0 Å². The molecule has 4 aromatic rings. The summed E-state index contributed by atoms with van der Waals surface area (Å²) in [5, 5.41) is 4.37. The number of anilines is 1. The molecule has 0 unspecified atom stereocenters. The highest BCUT2D eigenvalue weighted by molar-refractivity contribution is 5.83. The van der Waals surface area contributed by atoms with E-state index >= 15 is 0 Å². The third kappa shape index (κ3) is 3.31. The van der Waals surface area contributed by atoms with E-state index in [-0.39, 0.29) is 5.56 Å². The highest BCUT2D eigenvalue weighted by atomic mass is 16.6. The average Bonchev–Trinajstić information content (AvgIpc) is 3.18. The monoisotopic (exact) mass is 388 g/mol. The summed E-state index contributed by atoms with van der Waals surface area (Å²) in [4.78, 5) is 20.4. The number of H-pyrrole nitrogens is 1. The minimum absolute atomic E-state index is 0.205. The Morgan fingerprint density at radius 1 is 1.10 bits per heavy atom. The van der Waals surface area contributed by atoms with Crippen LogP contribution in [-0.2, 0) is 6.42 Å². The maximum Gasteiger partial charge on any atom is 0.297 e.